The van der Waals surface area contributed by atoms with Gasteiger partial charge in [0.1, 0.15) is 5.75 Å². The van der Waals surface area contributed by atoms with E-state index in [1.807, 2.05) is 34.2 Å². The molecule has 0 amide bonds. The van der Waals surface area contributed by atoms with Gasteiger partial charge in [-0.2, -0.15) is 0 Å². The van der Waals surface area contributed by atoms with E-state index in [0.29, 0.717) is 4.80 Å². The van der Waals surface area contributed by atoms with E-state index in [2.05, 4.69) is 31.2 Å². The molecule has 114 valence electrons. The molecular formula is C17H16ClN2OS-. The normalized spacial score (nSPS) is 10.1. The van der Waals surface area contributed by atoms with Gasteiger partial charge < -0.3 is 17.1 Å². The fraction of sp³-hybridized carbons (Fsp3) is 0.118. The van der Waals surface area contributed by atoms with Gasteiger partial charge in [-0.1, -0.05) is 29.8 Å². The zero-order valence-corrected chi connectivity index (χ0v) is 13.9. The quantitative estimate of drug-likeness (QED) is 0.764. The monoisotopic (exact) mass is 331 g/mol. The molecule has 3 rings (SSSR count). The van der Waals surface area contributed by atoms with Gasteiger partial charge in [-0.05, 0) is 36.8 Å². The molecule has 0 atom stereocenters. The number of halogens is 1. The summed E-state index contributed by atoms with van der Waals surface area (Å²) in [5.41, 5.74) is 4.36. The number of benzene rings is 2. The average Bonchev–Trinajstić information content (AvgIpc) is 2.90. The van der Waals surface area contributed by atoms with Crippen molar-refractivity contribution < 1.29 is 17.1 Å². The van der Waals surface area contributed by atoms with Gasteiger partial charge in [-0.25, -0.2) is 0 Å². The summed E-state index contributed by atoms with van der Waals surface area (Å²) in [5, 5.41) is 10.2. The maximum absolute atomic E-state index is 8.17. The van der Waals surface area contributed by atoms with Crippen LogP contribution in [0.1, 0.15) is 5.56 Å². The number of methoxy groups -OCH3 is 1. The number of thiazole rings is 1. The van der Waals surface area contributed by atoms with Gasteiger partial charge in [0, 0.05) is 11.1 Å². The van der Waals surface area contributed by atoms with Crippen molar-refractivity contribution in [2.24, 2.45) is 0 Å². The standard InChI is InChI=1S/C17H16N2OS.ClH/c1-12-3-5-13(6-4-12)16-11-21-17(18)19(16)14-7-9-15(20-2)10-8-14;/h3-11,18H,1-2H3;1H/p-1. The number of nitrogens with one attached hydrogen (secondary N) is 1. The van der Waals surface area contributed by atoms with Crippen LogP contribution < -0.4 is 21.9 Å². The summed E-state index contributed by atoms with van der Waals surface area (Å²) in [5.74, 6) is 0.818. The van der Waals surface area contributed by atoms with Crippen LogP contribution in [-0.4, -0.2) is 11.7 Å². The van der Waals surface area contributed by atoms with Crippen molar-refractivity contribution in [3.8, 4) is 22.7 Å². The molecule has 1 N–H and O–H groups in total. The van der Waals surface area contributed by atoms with Crippen LogP contribution in [0.2, 0.25) is 0 Å². The maximum atomic E-state index is 8.17. The van der Waals surface area contributed by atoms with Gasteiger partial charge >= 0.3 is 0 Å². The first-order chi connectivity index (χ1) is 10.2. The summed E-state index contributed by atoms with van der Waals surface area (Å²) in [6.07, 6.45) is 0. The molecule has 0 aliphatic carbocycles. The highest BCUT2D eigenvalue weighted by molar-refractivity contribution is 7.07. The van der Waals surface area contributed by atoms with Crippen LogP contribution in [0.3, 0.4) is 0 Å². The van der Waals surface area contributed by atoms with Gasteiger partial charge in [0.15, 0.2) is 4.80 Å². The Kier molecular flexibility index (Phi) is 5.06. The minimum Gasteiger partial charge on any atom is -1.00 e. The first-order valence-electron chi connectivity index (χ1n) is 6.65. The highest BCUT2D eigenvalue weighted by Gasteiger charge is 2.09. The molecule has 0 saturated heterocycles. The fourth-order valence-corrected chi connectivity index (χ4v) is 3.01. The summed E-state index contributed by atoms with van der Waals surface area (Å²) in [6, 6.07) is 16.1. The number of hydrogen-bond donors (Lipinski definition) is 1. The number of nitrogens with zero attached hydrogens (tertiary/aromatic N) is 1. The molecule has 0 fully saturated rings. The van der Waals surface area contributed by atoms with E-state index in [4.69, 9.17) is 10.1 Å². The van der Waals surface area contributed by atoms with Crippen LogP contribution in [0.4, 0.5) is 0 Å². The van der Waals surface area contributed by atoms with Crippen molar-refractivity contribution in [1.82, 2.24) is 4.57 Å². The second kappa shape index (κ2) is 6.81. The smallest absolute Gasteiger partial charge is 0.187 e. The van der Waals surface area contributed by atoms with Crippen LogP contribution in [0.25, 0.3) is 16.9 Å². The highest BCUT2D eigenvalue weighted by Crippen LogP contribution is 2.24. The Morgan fingerprint density at radius 1 is 1.00 bits per heavy atom. The van der Waals surface area contributed by atoms with Crippen molar-refractivity contribution in [2.75, 3.05) is 7.11 Å². The van der Waals surface area contributed by atoms with Gasteiger partial charge in [0.2, 0.25) is 0 Å². The van der Waals surface area contributed by atoms with Crippen molar-refractivity contribution in [3.05, 3.63) is 64.3 Å². The number of hydrogen-bond acceptors (Lipinski definition) is 3. The van der Waals surface area contributed by atoms with Crippen LogP contribution in [0.5, 0.6) is 5.75 Å². The number of aromatic nitrogens is 1. The van der Waals surface area contributed by atoms with E-state index < -0.39 is 0 Å². The van der Waals surface area contributed by atoms with Crippen molar-refractivity contribution in [3.63, 3.8) is 0 Å². The fourth-order valence-electron chi connectivity index (χ4n) is 2.24. The number of ether oxygens (including phenoxy) is 1. The van der Waals surface area contributed by atoms with E-state index in [1.165, 1.54) is 16.9 Å². The van der Waals surface area contributed by atoms with E-state index in [-0.39, 0.29) is 12.4 Å². The molecule has 5 heteroatoms. The summed E-state index contributed by atoms with van der Waals surface area (Å²) in [7, 11) is 1.65. The van der Waals surface area contributed by atoms with E-state index in [9.17, 15) is 0 Å². The van der Waals surface area contributed by atoms with Crippen molar-refractivity contribution in [1.29, 1.82) is 5.41 Å². The molecule has 0 saturated carbocycles. The van der Waals surface area contributed by atoms with Gasteiger partial charge in [0.25, 0.3) is 0 Å². The summed E-state index contributed by atoms with van der Waals surface area (Å²) in [6.45, 7) is 2.07. The lowest BCUT2D eigenvalue weighted by molar-refractivity contribution is -0.00000475. The predicted octanol–water partition coefficient (Wildman–Crippen LogP) is 1.01. The van der Waals surface area contributed by atoms with E-state index in [1.54, 1.807) is 7.11 Å². The lowest BCUT2D eigenvalue weighted by Gasteiger charge is -2.10. The minimum absolute atomic E-state index is 0. The largest absolute Gasteiger partial charge is 1.00 e. The molecule has 3 aromatic rings. The van der Waals surface area contributed by atoms with Gasteiger partial charge in [-0.15, -0.1) is 11.3 Å². The number of aryl methyl sites for hydroxylation is 1. The first-order valence-corrected chi connectivity index (χ1v) is 7.53. The third kappa shape index (κ3) is 3.08. The Labute approximate surface area is 139 Å². The molecule has 1 heterocycles. The maximum Gasteiger partial charge on any atom is 0.187 e. The summed E-state index contributed by atoms with van der Waals surface area (Å²) >= 11 is 1.43. The second-order valence-electron chi connectivity index (χ2n) is 4.83. The Hall–Kier alpha value is -2.04. The molecule has 0 aliphatic heterocycles. The van der Waals surface area contributed by atoms with E-state index in [0.717, 1.165) is 22.7 Å². The average molecular weight is 332 g/mol. The summed E-state index contributed by atoms with van der Waals surface area (Å²) in [4.78, 5) is 0.510. The Bertz CT molecular complexity index is 804. The number of rotatable bonds is 3. The third-order valence-electron chi connectivity index (χ3n) is 3.40. The zero-order valence-electron chi connectivity index (χ0n) is 12.3. The summed E-state index contributed by atoms with van der Waals surface area (Å²) < 4.78 is 7.14. The molecule has 2 aromatic carbocycles. The molecular weight excluding hydrogens is 316 g/mol. The molecule has 22 heavy (non-hydrogen) atoms. The highest BCUT2D eigenvalue weighted by atomic mass is 35.5. The zero-order chi connectivity index (χ0) is 14.8. The first kappa shape index (κ1) is 16.3. The van der Waals surface area contributed by atoms with Crippen LogP contribution in [0, 0.1) is 12.3 Å². The predicted molar refractivity (Wildman–Crippen MR) is 86.2 cm³/mol. The lowest BCUT2D eigenvalue weighted by Crippen LogP contribution is -3.00. The third-order valence-corrected chi connectivity index (χ3v) is 4.15. The Balaban J connectivity index is 0.00000176. The topological polar surface area (TPSA) is 38.0 Å². The van der Waals surface area contributed by atoms with Gasteiger partial charge in [-0.3, -0.25) is 9.98 Å². The molecule has 0 radical (unpaired) electrons. The van der Waals surface area contributed by atoms with Crippen LogP contribution in [-0.2, 0) is 0 Å². The van der Waals surface area contributed by atoms with E-state index >= 15 is 0 Å². The van der Waals surface area contributed by atoms with Crippen LogP contribution >= 0.6 is 11.3 Å². The van der Waals surface area contributed by atoms with Crippen molar-refractivity contribution >= 4 is 11.3 Å². The molecule has 0 unspecified atom stereocenters. The Morgan fingerprint density at radius 2 is 1.64 bits per heavy atom. The molecule has 0 aliphatic rings. The minimum atomic E-state index is 0. The van der Waals surface area contributed by atoms with Crippen molar-refractivity contribution in [2.45, 2.75) is 6.92 Å². The molecule has 0 bridgehead atoms. The molecule has 3 nitrogen and oxygen atoms in total. The SMILES string of the molecule is COc1ccc(-n2c(-c3ccc(C)cc3)csc2=N)cc1.[Cl-]. The van der Waals surface area contributed by atoms with Gasteiger partial charge in [0.05, 0.1) is 12.8 Å². The van der Waals surface area contributed by atoms with Crippen LogP contribution in [0.15, 0.2) is 53.9 Å². The molecule has 0 spiro atoms. The Morgan fingerprint density at radius 3 is 2.23 bits per heavy atom. The second-order valence-corrected chi connectivity index (χ2v) is 5.68. The molecule has 1 aromatic heterocycles. The lowest BCUT2D eigenvalue weighted by atomic mass is 10.1.